The Morgan fingerprint density at radius 2 is 1.91 bits per heavy atom. The molecule has 0 bridgehead atoms. The van der Waals surface area contributed by atoms with Crippen molar-refractivity contribution in [2.24, 2.45) is 0 Å². The van der Waals surface area contributed by atoms with Gasteiger partial charge in [0.2, 0.25) is 5.91 Å². The van der Waals surface area contributed by atoms with Crippen molar-refractivity contribution in [1.29, 1.82) is 0 Å². The van der Waals surface area contributed by atoms with E-state index in [9.17, 15) is 4.79 Å². The number of nitrogens with one attached hydrogen (secondary N) is 3. The number of hydrogen-bond acceptors (Lipinski definition) is 5. The number of halogens is 2. The Morgan fingerprint density at radius 1 is 1.15 bits per heavy atom. The number of aromatic nitrogens is 4. The molecule has 11 heteroatoms. The van der Waals surface area contributed by atoms with E-state index in [2.05, 4.69) is 52.1 Å². The third kappa shape index (κ3) is 4.77. The molecule has 3 N–H and O–H groups in total. The fourth-order valence-corrected chi connectivity index (χ4v) is 6.42. The molecule has 0 radical (unpaired) electrons. The van der Waals surface area contributed by atoms with Crippen LogP contribution in [0.1, 0.15) is 0 Å². The molecule has 1 saturated heterocycles. The second kappa shape index (κ2) is 9.65. The maximum atomic E-state index is 12.8. The van der Waals surface area contributed by atoms with Gasteiger partial charge >= 0.3 is 0 Å². The Bertz CT molecular complexity index is 1370. The van der Waals surface area contributed by atoms with Crippen molar-refractivity contribution >= 4 is 78.6 Å². The lowest BCUT2D eigenvalue weighted by Gasteiger charge is -2.26. The van der Waals surface area contributed by atoms with Crippen molar-refractivity contribution in [2.45, 2.75) is 0 Å². The number of imidazole rings is 2. The number of nitrogens with zero attached hydrogens (tertiary/aromatic N) is 3. The van der Waals surface area contributed by atoms with Gasteiger partial charge in [0.1, 0.15) is 5.82 Å². The van der Waals surface area contributed by atoms with Crippen LogP contribution in [-0.4, -0.2) is 61.5 Å². The minimum Gasteiger partial charge on any atom is -0.361 e. The minimum atomic E-state index is 0.0858. The van der Waals surface area contributed by atoms with Gasteiger partial charge in [0.15, 0.2) is 4.77 Å². The molecule has 170 valence electrons. The first-order valence-corrected chi connectivity index (χ1v) is 13.5. The molecule has 0 spiro atoms. The van der Waals surface area contributed by atoms with Crippen molar-refractivity contribution in [1.82, 2.24) is 24.4 Å². The van der Waals surface area contributed by atoms with Crippen LogP contribution in [0.4, 0.5) is 5.82 Å². The number of benzene rings is 2. The molecule has 0 unspecified atom stereocenters. The zero-order valence-corrected chi connectivity index (χ0v) is 22.2. The second-order valence-electron chi connectivity index (χ2n) is 7.60. The molecule has 2 aromatic heterocycles. The van der Waals surface area contributed by atoms with Gasteiger partial charge in [-0.25, -0.2) is 4.98 Å². The van der Waals surface area contributed by atoms with Crippen molar-refractivity contribution in [3.05, 3.63) is 56.4 Å². The number of amides is 1. The van der Waals surface area contributed by atoms with Crippen LogP contribution < -0.4 is 5.32 Å². The number of fused-ring (bicyclic) bond motifs is 1. The molecule has 2 aromatic carbocycles. The summed E-state index contributed by atoms with van der Waals surface area (Å²) in [6.07, 6.45) is 1.68. The van der Waals surface area contributed by atoms with E-state index in [-0.39, 0.29) is 12.5 Å². The number of hydrogen-bond donors (Lipinski definition) is 3. The van der Waals surface area contributed by atoms with E-state index in [1.807, 2.05) is 57.6 Å². The Kier molecular flexibility index (Phi) is 6.64. The summed E-state index contributed by atoms with van der Waals surface area (Å²) in [7, 11) is 0. The SMILES string of the molecule is O=C(CNc1[nH]c(=S)n(-c2ccc3nc[nH]c3c2)c1-c1cc(Br)cc(Br)c1)N1CCSCC1. The van der Waals surface area contributed by atoms with Gasteiger partial charge in [0, 0.05) is 39.1 Å². The predicted octanol–water partition coefficient (Wildman–Crippen LogP) is 5.59. The van der Waals surface area contributed by atoms with Gasteiger partial charge in [-0.15, -0.1) is 0 Å². The molecule has 3 heterocycles. The van der Waals surface area contributed by atoms with E-state index in [4.69, 9.17) is 12.2 Å². The van der Waals surface area contributed by atoms with Crippen LogP contribution in [0.3, 0.4) is 0 Å². The molecule has 1 aliphatic rings. The summed E-state index contributed by atoms with van der Waals surface area (Å²) in [5.74, 6) is 2.76. The molecular formula is C22H20Br2N6OS2. The van der Waals surface area contributed by atoms with Gasteiger partial charge in [-0.3, -0.25) is 9.36 Å². The fourth-order valence-electron chi connectivity index (χ4n) is 3.92. The van der Waals surface area contributed by atoms with Crippen LogP contribution >= 0.6 is 55.8 Å². The summed E-state index contributed by atoms with van der Waals surface area (Å²) in [5.41, 5.74) is 4.49. The quantitative estimate of drug-likeness (QED) is 0.258. The van der Waals surface area contributed by atoms with E-state index in [1.165, 1.54) is 0 Å². The number of carbonyl (C=O) groups excluding carboxylic acids is 1. The molecule has 4 aromatic rings. The zero-order chi connectivity index (χ0) is 22.9. The van der Waals surface area contributed by atoms with Crippen LogP contribution in [0, 0.1) is 4.77 Å². The normalized spacial score (nSPS) is 14.1. The van der Waals surface area contributed by atoms with Crippen LogP contribution in [0.15, 0.2) is 51.7 Å². The smallest absolute Gasteiger partial charge is 0.241 e. The van der Waals surface area contributed by atoms with Crippen LogP contribution in [0.25, 0.3) is 28.0 Å². The summed E-state index contributed by atoms with van der Waals surface area (Å²) in [6.45, 7) is 1.78. The third-order valence-electron chi connectivity index (χ3n) is 5.47. The van der Waals surface area contributed by atoms with Crippen molar-refractivity contribution in [2.75, 3.05) is 36.5 Å². The van der Waals surface area contributed by atoms with Crippen LogP contribution in [-0.2, 0) is 4.79 Å². The first-order chi connectivity index (χ1) is 16.0. The number of anilines is 1. The first-order valence-electron chi connectivity index (χ1n) is 10.3. The molecular weight excluding hydrogens is 588 g/mol. The molecule has 0 atom stereocenters. The molecule has 7 nitrogen and oxygen atoms in total. The first kappa shape index (κ1) is 22.7. The lowest BCUT2D eigenvalue weighted by atomic mass is 10.1. The second-order valence-corrected chi connectivity index (χ2v) is 11.0. The van der Waals surface area contributed by atoms with Crippen LogP contribution in [0.2, 0.25) is 0 Å². The highest BCUT2D eigenvalue weighted by atomic mass is 79.9. The Morgan fingerprint density at radius 3 is 2.67 bits per heavy atom. The van der Waals surface area contributed by atoms with Crippen molar-refractivity contribution < 1.29 is 4.79 Å². The summed E-state index contributed by atoms with van der Waals surface area (Å²) in [4.78, 5) is 25.5. The standard InChI is InChI=1S/C22H20Br2N6OS2/c23-14-7-13(8-15(24)9-14)20-21(25-11-19(31)29-3-5-33-6-4-29)28-22(32)30(20)16-1-2-17-18(10-16)27-12-26-17/h1-2,7-10,12,25H,3-6,11H2,(H,26,27)(H,28,32). The summed E-state index contributed by atoms with van der Waals surface area (Å²) >= 11 is 14.8. The summed E-state index contributed by atoms with van der Waals surface area (Å²) in [6, 6.07) is 12.0. The number of H-pyrrole nitrogens is 2. The Labute approximate surface area is 216 Å². The van der Waals surface area contributed by atoms with Crippen molar-refractivity contribution in [3.63, 3.8) is 0 Å². The number of thioether (sulfide) groups is 1. The van der Waals surface area contributed by atoms with E-state index >= 15 is 0 Å². The molecule has 1 aliphatic heterocycles. The zero-order valence-electron chi connectivity index (χ0n) is 17.4. The Balaban J connectivity index is 1.57. The number of aromatic amines is 2. The van der Waals surface area contributed by atoms with E-state index in [0.29, 0.717) is 10.6 Å². The molecule has 0 aliphatic carbocycles. The number of rotatable bonds is 5. The van der Waals surface area contributed by atoms with E-state index in [0.717, 1.165) is 61.5 Å². The van der Waals surface area contributed by atoms with Gasteiger partial charge in [-0.1, -0.05) is 31.9 Å². The lowest BCUT2D eigenvalue weighted by Crippen LogP contribution is -2.41. The average Bonchev–Trinajstić information content (AvgIpc) is 3.40. The Hall–Kier alpha value is -2.08. The highest BCUT2D eigenvalue weighted by Gasteiger charge is 2.20. The summed E-state index contributed by atoms with van der Waals surface area (Å²) < 4.78 is 4.38. The molecule has 33 heavy (non-hydrogen) atoms. The predicted molar refractivity (Wildman–Crippen MR) is 144 cm³/mol. The van der Waals surface area contributed by atoms with Crippen LogP contribution in [0.5, 0.6) is 0 Å². The van der Waals surface area contributed by atoms with Gasteiger partial charge in [-0.05, 0) is 48.6 Å². The molecule has 1 amide bonds. The topological polar surface area (TPSA) is 81.7 Å². The average molecular weight is 608 g/mol. The van der Waals surface area contributed by atoms with Crippen molar-refractivity contribution in [3.8, 4) is 16.9 Å². The minimum absolute atomic E-state index is 0.0858. The maximum absolute atomic E-state index is 12.8. The van der Waals surface area contributed by atoms with Gasteiger partial charge < -0.3 is 20.2 Å². The highest BCUT2D eigenvalue weighted by Crippen LogP contribution is 2.35. The van der Waals surface area contributed by atoms with E-state index < -0.39 is 0 Å². The van der Waals surface area contributed by atoms with Gasteiger partial charge in [-0.2, -0.15) is 11.8 Å². The maximum Gasteiger partial charge on any atom is 0.241 e. The van der Waals surface area contributed by atoms with Gasteiger partial charge in [0.25, 0.3) is 0 Å². The fraction of sp³-hybridized carbons (Fsp3) is 0.227. The van der Waals surface area contributed by atoms with Gasteiger partial charge in [0.05, 0.1) is 35.3 Å². The summed E-state index contributed by atoms with van der Waals surface area (Å²) in [5, 5.41) is 3.32. The molecule has 5 rings (SSSR count). The van der Waals surface area contributed by atoms with E-state index in [1.54, 1.807) is 6.33 Å². The molecule has 0 saturated carbocycles. The molecule has 1 fully saturated rings. The monoisotopic (exact) mass is 606 g/mol. The third-order valence-corrected chi connectivity index (χ3v) is 7.62. The number of carbonyl (C=O) groups is 1. The highest BCUT2D eigenvalue weighted by molar-refractivity contribution is 9.11. The lowest BCUT2D eigenvalue weighted by molar-refractivity contribution is -0.128. The largest absolute Gasteiger partial charge is 0.361 e.